The van der Waals surface area contributed by atoms with Crippen molar-refractivity contribution in [1.82, 2.24) is 0 Å². The molecular weight excluding hydrogens is 358 g/mol. The Labute approximate surface area is 151 Å². The van der Waals surface area contributed by atoms with Crippen LogP contribution in [-0.4, -0.2) is 40.3 Å². The second-order valence-electron chi connectivity index (χ2n) is 5.59. The lowest BCUT2D eigenvalue weighted by Crippen LogP contribution is -2.21. The van der Waals surface area contributed by atoms with E-state index in [1.54, 1.807) is 24.3 Å². The summed E-state index contributed by atoms with van der Waals surface area (Å²) in [6.45, 7) is -0.456. The molecule has 0 heterocycles. The van der Waals surface area contributed by atoms with E-state index in [4.69, 9.17) is 9.47 Å². The lowest BCUT2D eigenvalue weighted by molar-refractivity contribution is -0.119. The first-order chi connectivity index (χ1) is 12.3. The Bertz CT molecular complexity index is 890. The predicted octanol–water partition coefficient (Wildman–Crippen LogP) is 2.04. The number of carbonyl (C=O) groups excluding carboxylic acids is 2. The van der Waals surface area contributed by atoms with Crippen molar-refractivity contribution < 1.29 is 27.5 Å². The molecule has 0 spiro atoms. The number of para-hydroxylation sites is 2. The number of methoxy groups -OCH3 is 1. The topological polar surface area (TPSA) is 98.8 Å². The number of benzene rings is 2. The number of anilines is 1. The van der Waals surface area contributed by atoms with E-state index in [0.717, 1.165) is 6.26 Å². The van der Waals surface area contributed by atoms with Crippen LogP contribution < -0.4 is 10.1 Å². The normalized spacial score (nSPS) is 10.8. The maximum atomic E-state index is 12.0. The molecule has 7 nitrogen and oxygen atoms in total. The number of nitrogens with one attached hydrogen (secondary N) is 1. The monoisotopic (exact) mass is 377 g/mol. The molecule has 0 unspecified atom stereocenters. The molecule has 0 aromatic heterocycles. The van der Waals surface area contributed by atoms with Gasteiger partial charge in [0, 0.05) is 6.26 Å². The summed E-state index contributed by atoms with van der Waals surface area (Å²) in [5.74, 6) is -0.792. The van der Waals surface area contributed by atoms with Crippen LogP contribution in [0.4, 0.5) is 5.69 Å². The summed E-state index contributed by atoms with van der Waals surface area (Å²) in [5, 5.41) is 2.60. The van der Waals surface area contributed by atoms with Crippen LogP contribution >= 0.6 is 0 Å². The van der Waals surface area contributed by atoms with E-state index in [1.165, 1.54) is 31.4 Å². The van der Waals surface area contributed by atoms with Gasteiger partial charge in [-0.3, -0.25) is 4.79 Å². The number of carbonyl (C=O) groups is 2. The summed E-state index contributed by atoms with van der Waals surface area (Å²) >= 11 is 0. The molecular formula is C18H19NO6S. The SMILES string of the molecule is COc1ccccc1NC(=O)COC(=O)c1ccc(CS(C)(=O)=O)cc1. The summed E-state index contributed by atoms with van der Waals surface area (Å²) in [4.78, 5) is 23.9. The van der Waals surface area contributed by atoms with Gasteiger partial charge in [-0.2, -0.15) is 0 Å². The van der Waals surface area contributed by atoms with E-state index in [1.807, 2.05) is 0 Å². The average molecular weight is 377 g/mol. The maximum Gasteiger partial charge on any atom is 0.338 e. The number of ether oxygens (including phenoxy) is 2. The van der Waals surface area contributed by atoms with Gasteiger partial charge in [0.25, 0.3) is 5.91 Å². The van der Waals surface area contributed by atoms with Crippen molar-refractivity contribution in [2.75, 3.05) is 25.3 Å². The Balaban J connectivity index is 1.90. The molecule has 0 atom stereocenters. The molecule has 26 heavy (non-hydrogen) atoms. The zero-order chi connectivity index (χ0) is 19.2. The Hall–Kier alpha value is -2.87. The first-order valence-corrected chi connectivity index (χ1v) is 9.71. The number of hydrogen-bond donors (Lipinski definition) is 1. The van der Waals surface area contributed by atoms with Gasteiger partial charge in [0.05, 0.1) is 24.1 Å². The van der Waals surface area contributed by atoms with Crippen LogP contribution in [0.3, 0.4) is 0 Å². The van der Waals surface area contributed by atoms with Gasteiger partial charge in [-0.05, 0) is 29.8 Å². The van der Waals surface area contributed by atoms with Gasteiger partial charge in [-0.25, -0.2) is 13.2 Å². The van der Waals surface area contributed by atoms with Crippen molar-refractivity contribution in [3.8, 4) is 5.75 Å². The number of esters is 1. The quantitative estimate of drug-likeness (QED) is 0.742. The number of rotatable bonds is 7. The predicted molar refractivity (Wildman–Crippen MR) is 96.9 cm³/mol. The molecule has 8 heteroatoms. The Morgan fingerprint density at radius 1 is 1.04 bits per heavy atom. The summed E-state index contributed by atoms with van der Waals surface area (Å²) < 4.78 is 32.6. The first-order valence-electron chi connectivity index (χ1n) is 7.65. The van der Waals surface area contributed by atoms with Gasteiger partial charge >= 0.3 is 5.97 Å². The molecule has 0 saturated heterocycles. The Morgan fingerprint density at radius 2 is 1.69 bits per heavy atom. The number of amides is 1. The smallest absolute Gasteiger partial charge is 0.338 e. The van der Waals surface area contributed by atoms with Crippen LogP contribution in [-0.2, 0) is 25.1 Å². The van der Waals surface area contributed by atoms with Crippen molar-refractivity contribution in [2.45, 2.75) is 5.75 Å². The van der Waals surface area contributed by atoms with Crippen molar-refractivity contribution in [1.29, 1.82) is 0 Å². The molecule has 0 saturated carbocycles. The van der Waals surface area contributed by atoms with E-state index < -0.39 is 28.3 Å². The van der Waals surface area contributed by atoms with Crippen LogP contribution in [0.2, 0.25) is 0 Å². The zero-order valence-corrected chi connectivity index (χ0v) is 15.2. The van der Waals surface area contributed by atoms with Gasteiger partial charge in [-0.1, -0.05) is 24.3 Å². The van der Waals surface area contributed by atoms with Crippen molar-refractivity contribution in [2.24, 2.45) is 0 Å². The maximum absolute atomic E-state index is 12.0. The third kappa shape index (κ3) is 5.89. The van der Waals surface area contributed by atoms with Crippen LogP contribution in [0.15, 0.2) is 48.5 Å². The molecule has 2 aromatic rings. The third-order valence-corrected chi connectivity index (χ3v) is 4.19. The highest BCUT2D eigenvalue weighted by atomic mass is 32.2. The molecule has 0 aliphatic heterocycles. The molecule has 1 N–H and O–H groups in total. The second-order valence-corrected chi connectivity index (χ2v) is 7.73. The van der Waals surface area contributed by atoms with Crippen LogP contribution in [0, 0.1) is 0 Å². The Kier molecular flexibility index (Phi) is 6.35. The highest BCUT2D eigenvalue weighted by Crippen LogP contribution is 2.22. The van der Waals surface area contributed by atoms with Crippen molar-refractivity contribution in [3.05, 3.63) is 59.7 Å². The molecule has 138 valence electrons. The van der Waals surface area contributed by atoms with Gasteiger partial charge in [0.2, 0.25) is 0 Å². The third-order valence-electron chi connectivity index (χ3n) is 3.33. The molecule has 2 rings (SSSR count). The van der Waals surface area contributed by atoms with E-state index in [0.29, 0.717) is 17.0 Å². The average Bonchev–Trinajstić information content (AvgIpc) is 2.59. The molecule has 2 aromatic carbocycles. The van der Waals surface area contributed by atoms with Crippen LogP contribution in [0.5, 0.6) is 5.75 Å². The fourth-order valence-electron chi connectivity index (χ4n) is 2.19. The second kappa shape index (κ2) is 8.48. The molecule has 0 radical (unpaired) electrons. The molecule has 1 amide bonds. The minimum Gasteiger partial charge on any atom is -0.495 e. The highest BCUT2D eigenvalue weighted by Gasteiger charge is 2.12. The fourth-order valence-corrected chi connectivity index (χ4v) is 2.99. The summed E-state index contributed by atoms with van der Waals surface area (Å²) in [7, 11) is -1.66. The highest BCUT2D eigenvalue weighted by molar-refractivity contribution is 7.89. The molecule has 0 aliphatic rings. The van der Waals surface area contributed by atoms with Crippen LogP contribution in [0.25, 0.3) is 0 Å². The summed E-state index contributed by atoms with van der Waals surface area (Å²) in [5.41, 5.74) is 1.27. The molecule has 0 aliphatic carbocycles. The number of sulfone groups is 1. The fraction of sp³-hybridized carbons (Fsp3) is 0.222. The molecule has 0 bridgehead atoms. The largest absolute Gasteiger partial charge is 0.495 e. The lowest BCUT2D eigenvalue weighted by Gasteiger charge is -2.10. The Morgan fingerprint density at radius 3 is 2.31 bits per heavy atom. The van der Waals surface area contributed by atoms with E-state index >= 15 is 0 Å². The zero-order valence-electron chi connectivity index (χ0n) is 14.4. The summed E-state index contributed by atoms with van der Waals surface area (Å²) in [6.07, 6.45) is 1.13. The number of hydrogen-bond acceptors (Lipinski definition) is 6. The molecule has 0 fully saturated rings. The van der Waals surface area contributed by atoms with Gasteiger partial charge in [-0.15, -0.1) is 0 Å². The lowest BCUT2D eigenvalue weighted by atomic mass is 10.1. The minimum atomic E-state index is -3.15. The van der Waals surface area contributed by atoms with Gasteiger partial charge in [0.15, 0.2) is 16.4 Å². The van der Waals surface area contributed by atoms with E-state index in [9.17, 15) is 18.0 Å². The minimum absolute atomic E-state index is 0.107. The van der Waals surface area contributed by atoms with E-state index in [-0.39, 0.29) is 11.3 Å². The van der Waals surface area contributed by atoms with Crippen molar-refractivity contribution >= 4 is 27.4 Å². The summed E-state index contributed by atoms with van der Waals surface area (Å²) in [6, 6.07) is 12.9. The van der Waals surface area contributed by atoms with Crippen LogP contribution in [0.1, 0.15) is 15.9 Å². The van der Waals surface area contributed by atoms with Crippen molar-refractivity contribution in [3.63, 3.8) is 0 Å². The first kappa shape index (κ1) is 19.5. The van der Waals surface area contributed by atoms with Gasteiger partial charge in [0.1, 0.15) is 5.75 Å². The van der Waals surface area contributed by atoms with E-state index in [2.05, 4.69) is 5.32 Å². The standard InChI is InChI=1S/C18H19NO6S/c1-24-16-6-4-3-5-15(16)19-17(20)11-25-18(21)14-9-7-13(8-10-14)12-26(2,22)23/h3-10H,11-12H2,1-2H3,(H,19,20). The van der Waals surface area contributed by atoms with Gasteiger partial charge < -0.3 is 14.8 Å².